The van der Waals surface area contributed by atoms with Crippen LogP contribution in [-0.4, -0.2) is 38.3 Å². The number of halogens is 1. The zero-order chi connectivity index (χ0) is 20.4. The fourth-order valence-electron chi connectivity index (χ4n) is 3.99. The summed E-state index contributed by atoms with van der Waals surface area (Å²) in [5.74, 6) is -0.368. The molecule has 0 saturated carbocycles. The highest BCUT2D eigenvalue weighted by molar-refractivity contribution is 9.10. The number of carbonyl (C=O) groups excluding carboxylic acids is 2. The van der Waals surface area contributed by atoms with E-state index in [0.717, 1.165) is 28.6 Å². The van der Waals surface area contributed by atoms with Gasteiger partial charge in [0.05, 0.1) is 20.8 Å². The molecule has 2 atom stereocenters. The molecular formula is C21H24BrNO5. The van der Waals surface area contributed by atoms with Crippen LogP contribution in [0.15, 0.2) is 32.9 Å². The molecule has 1 aliphatic carbocycles. The minimum absolute atomic E-state index is 0.0403. The van der Waals surface area contributed by atoms with Gasteiger partial charge < -0.3 is 14.2 Å². The second-order valence-electron chi connectivity index (χ2n) is 6.83. The normalized spacial score (nSPS) is 21.8. The Kier molecular flexibility index (Phi) is 6.23. The van der Waals surface area contributed by atoms with E-state index in [0.29, 0.717) is 29.2 Å². The third-order valence-electron chi connectivity index (χ3n) is 5.21. The van der Waals surface area contributed by atoms with Crippen molar-refractivity contribution in [1.29, 1.82) is 0 Å². The Morgan fingerprint density at radius 3 is 2.54 bits per heavy atom. The van der Waals surface area contributed by atoms with Crippen LogP contribution >= 0.6 is 15.9 Å². The smallest absolute Gasteiger partial charge is 0.315 e. The van der Waals surface area contributed by atoms with E-state index in [1.165, 1.54) is 0 Å². The van der Waals surface area contributed by atoms with Crippen LogP contribution in [0.25, 0.3) is 0 Å². The lowest BCUT2D eigenvalue weighted by molar-refractivity contribution is -0.146. The number of allylic oxidation sites excluding steroid dienone is 2. The number of Topliss-reactive ketones (excluding diaryl/α,β-unsaturated/α-hetero) is 1. The van der Waals surface area contributed by atoms with Crippen molar-refractivity contribution in [3.63, 3.8) is 0 Å². The number of ether oxygens (including phenoxy) is 3. The molecule has 0 N–H and O–H groups in total. The first kappa shape index (κ1) is 20.6. The molecule has 0 bridgehead atoms. The number of benzene rings is 1. The fourth-order valence-corrected chi connectivity index (χ4v) is 4.56. The first-order chi connectivity index (χ1) is 13.4. The van der Waals surface area contributed by atoms with Gasteiger partial charge in [0.15, 0.2) is 17.3 Å². The predicted octanol–water partition coefficient (Wildman–Crippen LogP) is 4.21. The van der Waals surface area contributed by atoms with Crippen LogP contribution in [-0.2, 0) is 14.3 Å². The molecule has 1 aromatic rings. The standard InChI is InChI=1S/C21H24BrNO5/c1-5-28-21(25)18-11(2)23-14-7-6-8-15(24)20(14)19(18)12-9-16(26-3)17(27-4)10-13(12)22/h9-10,18-19H,5-8H2,1-4H3/t18?,19-/m1/s1. The molecule has 150 valence electrons. The van der Waals surface area contributed by atoms with Crippen LogP contribution in [0.3, 0.4) is 0 Å². The van der Waals surface area contributed by atoms with Crippen LogP contribution in [0.4, 0.5) is 0 Å². The van der Waals surface area contributed by atoms with E-state index in [4.69, 9.17) is 14.2 Å². The number of ketones is 1. The van der Waals surface area contributed by atoms with Crippen LogP contribution in [0, 0.1) is 5.92 Å². The van der Waals surface area contributed by atoms with E-state index in [1.54, 1.807) is 27.2 Å². The molecule has 0 amide bonds. The zero-order valence-electron chi connectivity index (χ0n) is 16.5. The van der Waals surface area contributed by atoms with Gasteiger partial charge in [-0.1, -0.05) is 15.9 Å². The number of carbonyl (C=O) groups is 2. The van der Waals surface area contributed by atoms with E-state index in [9.17, 15) is 9.59 Å². The van der Waals surface area contributed by atoms with Gasteiger partial charge in [-0.25, -0.2) is 0 Å². The number of methoxy groups -OCH3 is 2. The van der Waals surface area contributed by atoms with Crippen molar-refractivity contribution in [2.24, 2.45) is 10.9 Å². The van der Waals surface area contributed by atoms with Crippen LogP contribution in [0.5, 0.6) is 11.5 Å². The van der Waals surface area contributed by atoms with Crippen molar-refractivity contribution in [3.05, 3.63) is 33.4 Å². The number of rotatable bonds is 5. The van der Waals surface area contributed by atoms with Crippen LogP contribution in [0.1, 0.15) is 44.6 Å². The summed E-state index contributed by atoms with van der Waals surface area (Å²) in [5, 5.41) is 0. The Bertz CT molecular complexity index is 874. The zero-order valence-corrected chi connectivity index (χ0v) is 18.1. The maximum Gasteiger partial charge on any atom is 0.315 e. The highest BCUT2D eigenvalue weighted by atomic mass is 79.9. The summed E-state index contributed by atoms with van der Waals surface area (Å²) in [6, 6.07) is 3.62. The van der Waals surface area contributed by atoms with E-state index in [2.05, 4.69) is 20.9 Å². The number of nitrogens with zero attached hydrogens (tertiary/aromatic N) is 1. The predicted molar refractivity (Wildman–Crippen MR) is 109 cm³/mol. The molecule has 0 aromatic heterocycles. The Balaban J connectivity index is 2.23. The van der Waals surface area contributed by atoms with Crippen molar-refractivity contribution in [2.45, 2.75) is 39.0 Å². The molecule has 3 rings (SSSR count). The molecule has 28 heavy (non-hydrogen) atoms. The average Bonchev–Trinajstić information content (AvgIpc) is 2.67. The van der Waals surface area contributed by atoms with Crippen molar-refractivity contribution >= 4 is 33.4 Å². The average molecular weight is 450 g/mol. The molecule has 2 aliphatic rings. The maximum absolute atomic E-state index is 12.9. The Labute approximate surface area is 173 Å². The Hall–Kier alpha value is -2.15. The van der Waals surface area contributed by atoms with Crippen molar-refractivity contribution < 1.29 is 23.8 Å². The lowest BCUT2D eigenvalue weighted by Gasteiger charge is -2.35. The lowest BCUT2D eigenvalue weighted by atomic mass is 9.71. The molecule has 0 saturated heterocycles. The molecular weight excluding hydrogens is 426 g/mol. The molecule has 1 aliphatic heterocycles. The Morgan fingerprint density at radius 2 is 1.89 bits per heavy atom. The van der Waals surface area contributed by atoms with E-state index < -0.39 is 11.8 Å². The van der Waals surface area contributed by atoms with Gasteiger partial charge in [0.1, 0.15) is 5.92 Å². The van der Waals surface area contributed by atoms with Gasteiger partial charge in [-0.05, 0) is 44.4 Å². The highest BCUT2D eigenvalue weighted by Crippen LogP contribution is 2.47. The second kappa shape index (κ2) is 8.47. The topological polar surface area (TPSA) is 74.2 Å². The number of esters is 1. The molecule has 1 aromatic carbocycles. The summed E-state index contributed by atoms with van der Waals surface area (Å²) in [6.45, 7) is 3.86. The SMILES string of the molecule is CCOC(=O)C1C(C)=NC2=C(C(=O)CCC2)[C@@H]1c1cc(OC)c(OC)cc1Br. The van der Waals surface area contributed by atoms with Crippen LogP contribution in [0.2, 0.25) is 0 Å². The minimum atomic E-state index is -0.657. The van der Waals surface area contributed by atoms with Gasteiger partial charge in [-0.15, -0.1) is 0 Å². The maximum atomic E-state index is 12.9. The first-order valence-corrected chi connectivity index (χ1v) is 10.1. The molecule has 0 fully saturated rings. The molecule has 7 heteroatoms. The van der Waals surface area contributed by atoms with Gasteiger partial charge in [0.25, 0.3) is 0 Å². The monoisotopic (exact) mass is 449 g/mol. The molecule has 1 unspecified atom stereocenters. The Morgan fingerprint density at radius 1 is 1.21 bits per heavy atom. The molecule has 0 spiro atoms. The largest absolute Gasteiger partial charge is 0.493 e. The van der Waals surface area contributed by atoms with E-state index in [1.807, 2.05) is 13.0 Å². The third-order valence-corrected chi connectivity index (χ3v) is 5.90. The van der Waals surface area contributed by atoms with Crippen LogP contribution < -0.4 is 9.47 Å². The molecule has 1 heterocycles. The molecule has 6 nitrogen and oxygen atoms in total. The van der Waals surface area contributed by atoms with Gasteiger partial charge in [-0.2, -0.15) is 0 Å². The summed E-state index contributed by atoms with van der Waals surface area (Å²) in [6.07, 6.45) is 1.97. The van der Waals surface area contributed by atoms with Gasteiger partial charge >= 0.3 is 5.97 Å². The third kappa shape index (κ3) is 3.60. The van der Waals surface area contributed by atoms with E-state index >= 15 is 0 Å². The van der Waals surface area contributed by atoms with E-state index in [-0.39, 0.29) is 18.4 Å². The van der Waals surface area contributed by atoms with Crippen molar-refractivity contribution in [1.82, 2.24) is 0 Å². The van der Waals surface area contributed by atoms with Gasteiger partial charge in [0.2, 0.25) is 0 Å². The van der Waals surface area contributed by atoms with Gasteiger partial charge in [-0.3, -0.25) is 14.6 Å². The minimum Gasteiger partial charge on any atom is -0.493 e. The number of aliphatic imine (C=N–C) groups is 1. The lowest BCUT2D eigenvalue weighted by Crippen LogP contribution is -2.37. The molecule has 0 radical (unpaired) electrons. The van der Waals surface area contributed by atoms with Crippen molar-refractivity contribution in [3.8, 4) is 11.5 Å². The number of hydrogen-bond acceptors (Lipinski definition) is 6. The number of hydrogen-bond donors (Lipinski definition) is 0. The fraction of sp³-hybridized carbons (Fsp3) is 0.476. The summed E-state index contributed by atoms with van der Waals surface area (Å²) in [5.41, 5.74) is 2.84. The van der Waals surface area contributed by atoms with Gasteiger partial charge in [0, 0.05) is 33.8 Å². The second-order valence-corrected chi connectivity index (χ2v) is 7.68. The van der Waals surface area contributed by atoms with Crippen molar-refractivity contribution in [2.75, 3.05) is 20.8 Å². The highest BCUT2D eigenvalue weighted by Gasteiger charge is 2.44. The summed E-state index contributed by atoms with van der Waals surface area (Å²) in [7, 11) is 3.12. The summed E-state index contributed by atoms with van der Waals surface area (Å²) < 4.78 is 16.9. The quantitative estimate of drug-likeness (QED) is 0.629. The first-order valence-electron chi connectivity index (χ1n) is 9.32. The summed E-state index contributed by atoms with van der Waals surface area (Å²) >= 11 is 3.60. The summed E-state index contributed by atoms with van der Waals surface area (Å²) in [4.78, 5) is 30.4.